The van der Waals surface area contributed by atoms with Crippen molar-refractivity contribution >= 4 is 15.9 Å². The maximum absolute atomic E-state index is 6.07. The average molecular weight is 313 g/mol. The summed E-state index contributed by atoms with van der Waals surface area (Å²) < 4.78 is 6.07. The molecule has 0 spiro atoms. The van der Waals surface area contributed by atoms with Crippen LogP contribution in [0.15, 0.2) is 12.1 Å². The largest absolute Gasteiger partial charge is 0.493 e. The van der Waals surface area contributed by atoms with Gasteiger partial charge < -0.3 is 4.74 Å². The zero-order chi connectivity index (χ0) is 13.9. The molecule has 1 aromatic carbocycles. The summed E-state index contributed by atoms with van der Waals surface area (Å²) in [5, 5.41) is 0.973. The van der Waals surface area contributed by atoms with Crippen molar-refractivity contribution in [2.45, 2.75) is 41.5 Å². The van der Waals surface area contributed by atoms with E-state index in [9.17, 15) is 0 Å². The van der Waals surface area contributed by atoms with Gasteiger partial charge in [0.1, 0.15) is 5.75 Å². The monoisotopic (exact) mass is 312 g/mol. The number of aryl methyl sites for hydroxylation is 3. The molecule has 2 heteroatoms. The van der Waals surface area contributed by atoms with Crippen LogP contribution >= 0.6 is 15.9 Å². The van der Waals surface area contributed by atoms with Crippen LogP contribution in [0.25, 0.3) is 0 Å². The summed E-state index contributed by atoms with van der Waals surface area (Å²) in [5.74, 6) is 1.56. The van der Waals surface area contributed by atoms with Gasteiger partial charge in [0.05, 0.1) is 6.61 Å². The van der Waals surface area contributed by atoms with Gasteiger partial charge >= 0.3 is 0 Å². The molecule has 1 aromatic rings. The lowest BCUT2D eigenvalue weighted by atomic mass is 9.83. The molecule has 0 aromatic heterocycles. The van der Waals surface area contributed by atoms with Gasteiger partial charge in [-0.25, -0.2) is 0 Å². The van der Waals surface area contributed by atoms with Crippen LogP contribution in [0.2, 0.25) is 0 Å². The van der Waals surface area contributed by atoms with Crippen molar-refractivity contribution in [3.8, 4) is 5.75 Å². The van der Waals surface area contributed by atoms with Gasteiger partial charge in [0, 0.05) is 11.2 Å². The molecule has 0 aliphatic heterocycles. The summed E-state index contributed by atoms with van der Waals surface area (Å²) in [4.78, 5) is 0. The van der Waals surface area contributed by atoms with Crippen LogP contribution in [-0.4, -0.2) is 11.9 Å². The molecule has 0 saturated heterocycles. The van der Waals surface area contributed by atoms with Crippen molar-refractivity contribution in [3.05, 3.63) is 28.8 Å². The third-order valence-corrected chi connectivity index (χ3v) is 4.23. The first-order valence-corrected chi connectivity index (χ1v) is 7.64. The molecule has 0 amide bonds. The molecule has 0 radical (unpaired) electrons. The fourth-order valence-electron chi connectivity index (χ4n) is 2.10. The van der Waals surface area contributed by atoms with Crippen molar-refractivity contribution in [1.82, 2.24) is 0 Å². The van der Waals surface area contributed by atoms with E-state index in [2.05, 4.69) is 69.6 Å². The Balaban J connectivity index is 2.80. The Morgan fingerprint density at radius 1 is 1.11 bits per heavy atom. The standard InChI is InChI=1S/C16H25BrO/c1-11-7-12(2)15(13(3)8-11)18-10-14(9-17)16(4,5)6/h7-8,14H,9-10H2,1-6H3. The van der Waals surface area contributed by atoms with E-state index in [0.29, 0.717) is 5.92 Å². The Morgan fingerprint density at radius 3 is 2.00 bits per heavy atom. The SMILES string of the molecule is Cc1cc(C)c(OCC(CBr)C(C)(C)C)c(C)c1. The molecule has 18 heavy (non-hydrogen) atoms. The second-order valence-electron chi connectivity index (χ2n) is 6.26. The summed E-state index contributed by atoms with van der Waals surface area (Å²) in [7, 11) is 0. The lowest BCUT2D eigenvalue weighted by Gasteiger charge is -2.29. The number of hydrogen-bond donors (Lipinski definition) is 0. The fourth-order valence-corrected chi connectivity index (χ4v) is 3.26. The topological polar surface area (TPSA) is 9.23 Å². The summed E-state index contributed by atoms with van der Waals surface area (Å²) in [5.41, 5.74) is 4.02. The average Bonchev–Trinajstić information content (AvgIpc) is 2.19. The van der Waals surface area contributed by atoms with Crippen LogP contribution in [0.5, 0.6) is 5.75 Å². The molecular weight excluding hydrogens is 288 g/mol. The van der Waals surface area contributed by atoms with Gasteiger partial charge in [-0.15, -0.1) is 0 Å². The van der Waals surface area contributed by atoms with Crippen molar-refractivity contribution in [1.29, 1.82) is 0 Å². The second kappa shape index (κ2) is 6.10. The lowest BCUT2D eigenvalue weighted by Crippen LogP contribution is -2.28. The summed E-state index contributed by atoms with van der Waals surface area (Å²) in [6.07, 6.45) is 0. The Hall–Kier alpha value is -0.500. The van der Waals surface area contributed by atoms with E-state index in [1.54, 1.807) is 0 Å². The minimum absolute atomic E-state index is 0.260. The van der Waals surface area contributed by atoms with E-state index in [4.69, 9.17) is 4.74 Å². The van der Waals surface area contributed by atoms with Gasteiger partial charge in [-0.2, -0.15) is 0 Å². The van der Waals surface area contributed by atoms with Crippen molar-refractivity contribution < 1.29 is 4.74 Å². The van der Waals surface area contributed by atoms with Gasteiger partial charge in [0.25, 0.3) is 0 Å². The highest BCUT2D eigenvalue weighted by molar-refractivity contribution is 9.09. The van der Waals surface area contributed by atoms with E-state index in [1.165, 1.54) is 16.7 Å². The molecule has 0 aliphatic carbocycles. The van der Waals surface area contributed by atoms with Gasteiger partial charge in [0.15, 0.2) is 0 Å². The maximum atomic E-state index is 6.07. The Bertz CT molecular complexity index is 381. The highest BCUT2D eigenvalue weighted by Crippen LogP contribution is 2.30. The van der Waals surface area contributed by atoms with Gasteiger partial charge in [-0.05, 0) is 37.3 Å². The van der Waals surface area contributed by atoms with Crippen LogP contribution in [0.3, 0.4) is 0 Å². The van der Waals surface area contributed by atoms with Crippen molar-refractivity contribution in [2.75, 3.05) is 11.9 Å². The van der Waals surface area contributed by atoms with E-state index in [-0.39, 0.29) is 5.41 Å². The van der Waals surface area contributed by atoms with Crippen LogP contribution in [0.4, 0.5) is 0 Å². The molecule has 1 nitrogen and oxygen atoms in total. The fraction of sp³-hybridized carbons (Fsp3) is 0.625. The molecule has 0 bridgehead atoms. The zero-order valence-corrected chi connectivity index (χ0v) is 14.0. The number of rotatable bonds is 4. The number of benzene rings is 1. The molecule has 1 rings (SSSR count). The highest BCUT2D eigenvalue weighted by atomic mass is 79.9. The molecule has 0 aliphatic rings. The smallest absolute Gasteiger partial charge is 0.125 e. The first-order valence-electron chi connectivity index (χ1n) is 6.52. The van der Waals surface area contributed by atoms with Crippen LogP contribution in [0, 0.1) is 32.1 Å². The minimum atomic E-state index is 0.260. The molecule has 0 saturated carbocycles. The van der Waals surface area contributed by atoms with Crippen LogP contribution in [0.1, 0.15) is 37.5 Å². The first-order chi connectivity index (χ1) is 8.25. The summed E-state index contributed by atoms with van der Waals surface area (Å²) >= 11 is 3.59. The highest BCUT2D eigenvalue weighted by Gasteiger charge is 2.24. The Morgan fingerprint density at radius 2 is 1.61 bits per heavy atom. The number of halogens is 1. The molecule has 102 valence electrons. The van der Waals surface area contributed by atoms with Crippen molar-refractivity contribution in [2.24, 2.45) is 11.3 Å². The van der Waals surface area contributed by atoms with Gasteiger partial charge in [-0.1, -0.05) is 54.4 Å². The molecule has 0 N–H and O–H groups in total. The van der Waals surface area contributed by atoms with E-state index in [0.717, 1.165) is 17.7 Å². The van der Waals surface area contributed by atoms with E-state index in [1.807, 2.05) is 0 Å². The molecule has 0 fully saturated rings. The predicted octanol–water partition coefficient (Wildman–Crippen LogP) is 5.05. The summed E-state index contributed by atoms with van der Waals surface area (Å²) in [6.45, 7) is 13.9. The van der Waals surface area contributed by atoms with E-state index < -0.39 is 0 Å². The quantitative estimate of drug-likeness (QED) is 0.707. The molecular formula is C16H25BrO. The number of ether oxygens (including phenoxy) is 1. The maximum Gasteiger partial charge on any atom is 0.125 e. The van der Waals surface area contributed by atoms with E-state index >= 15 is 0 Å². The number of alkyl halides is 1. The predicted molar refractivity (Wildman–Crippen MR) is 82.9 cm³/mol. The molecule has 1 atom stereocenters. The third kappa shape index (κ3) is 4.01. The molecule has 0 heterocycles. The number of hydrogen-bond acceptors (Lipinski definition) is 1. The van der Waals surface area contributed by atoms with Crippen LogP contribution < -0.4 is 4.74 Å². The first kappa shape index (κ1) is 15.6. The Labute approximate surface area is 120 Å². The Kier molecular flexibility index (Phi) is 5.27. The summed E-state index contributed by atoms with van der Waals surface area (Å²) in [6, 6.07) is 4.37. The zero-order valence-electron chi connectivity index (χ0n) is 12.4. The molecule has 1 unspecified atom stereocenters. The lowest BCUT2D eigenvalue weighted by molar-refractivity contribution is 0.164. The second-order valence-corrected chi connectivity index (χ2v) is 6.90. The van der Waals surface area contributed by atoms with Gasteiger partial charge in [0.2, 0.25) is 0 Å². The van der Waals surface area contributed by atoms with Gasteiger partial charge in [-0.3, -0.25) is 0 Å². The van der Waals surface area contributed by atoms with Crippen LogP contribution in [-0.2, 0) is 0 Å². The minimum Gasteiger partial charge on any atom is -0.493 e. The third-order valence-electron chi connectivity index (χ3n) is 3.44. The van der Waals surface area contributed by atoms with Crippen molar-refractivity contribution in [3.63, 3.8) is 0 Å². The normalized spacial score (nSPS) is 13.5.